The monoisotopic (exact) mass is 519 g/mol. The third-order valence-electron chi connectivity index (χ3n) is 6.84. The van der Waals surface area contributed by atoms with E-state index in [1.165, 1.54) is 30.4 Å². The summed E-state index contributed by atoms with van der Waals surface area (Å²) >= 11 is 5.98. The molecule has 2 aromatic heterocycles. The van der Waals surface area contributed by atoms with E-state index in [4.69, 9.17) is 11.6 Å². The Morgan fingerprint density at radius 3 is 1.65 bits per heavy atom. The highest BCUT2D eigenvalue weighted by atomic mass is 35.5. The summed E-state index contributed by atoms with van der Waals surface area (Å²) in [7, 11) is 0. The first-order chi connectivity index (χ1) is 17.5. The smallest absolute Gasteiger partial charge is 0.323 e. The Hall–Kier alpha value is -4.77. The highest BCUT2D eigenvalue weighted by molar-refractivity contribution is 6.30. The van der Waals surface area contributed by atoms with E-state index in [0.29, 0.717) is 10.6 Å². The maximum absolute atomic E-state index is 13.4. The van der Waals surface area contributed by atoms with Crippen LogP contribution in [0.5, 0.6) is 0 Å². The van der Waals surface area contributed by atoms with Crippen LogP contribution in [0.2, 0.25) is 5.02 Å². The van der Waals surface area contributed by atoms with Gasteiger partial charge in [-0.2, -0.15) is 0 Å². The Labute approximate surface area is 208 Å². The van der Waals surface area contributed by atoms with E-state index >= 15 is 0 Å². The van der Waals surface area contributed by atoms with Crippen LogP contribution < -0.4 is 22.0 Å². The number of fused-ring (bicyclic) bond motifs is 2. The first-order valence-corrected chi connectivity index (χ1v) is 11.2. The fraction of sp³-hybridized carbons (Fsp3) is 0.120. The number of rotatable bonds is 6. The molecule has 4 aromatic rings. The van der Waals surface area contributed by atoms with Crippen molar-refractivity contribution < 1.29 is 19.8 Å². The fourth-order valence-electron chi connectivity index (χ4n) is 4.67. The second-order valence-electron chi connectivity index (χ2n) is 9.00. The molecular weight excluding hydrogens is 506 g/mol. The van der Waals surface area contributed by atoms with Gasteiger partial charge in [0.05, 0.1) is 17.9 Å². The van der Waals surface area contributed by atoms with Crippen LogP contribution in [-0.4, -0.2) is 36.7 Å². The number of benzene rings is 2. The number of carbonyl (C=O) groups is 2. The van der Waals surface area contributed by atoms with E-state index in [2.05, 4.69) is 9.97 Å². The van der Waals surface area contributed by atoms with Crippen molar-refractivity contribution in [2.45, 2.75) is 17.4 Å². The highest BCUT2D eigenvalue weighted by Crippen LogP contribution is 2.47. The van der Waals surface area contributed by atoms with Gasteiger partial charge < -0.3 is 20.2 Å². The third kappa shape index (κ3) is 2.94. The third-order valence-corrected chi connectivity index (χ3v) is 7.08. The Morgan fingerprint density at radius 1 is 0.811 bits per heavy atom. The van der Waals surface area contributed by atoms with Crippen LogP contribution in [-0.2, 0) is 27.0 Å². The molecule has 0 bridgehead atoms. The van der Waals surface area contributed by atoms with Gasteiger partial charge in [0, 0.05) is 5.02 Å². The van der Waals surface area contributed by atoms with Crippen LogP contribution in [0.15, 0.2) is 67.7 Å². The van der Waals surface area contributed by atoms with Gasteiger partial charge in [0.25, 0.3) is 11.1 Å². The lowest BCUT2D eigenvalue weighted by Gasteiger charge is -2.21. The number of aliphatic carboxylic acids is 2. The summed E-state index contributed by atoms with van der Waals surface area (Å²) in [5.74, 6) is -2.68. The molecule has 37 heavy (non-hydrogen) atoms. The highest BCUT2D eigenvalue weighted by Gasteiger charge is 2.54. The second kappa shape index (κ2) is 7.14. The molecule has 2 heterocycles. The number of hydrogen-bond donors (Lipinski definition) is 4. The van der Waals surface area contributed by atoms with Crippen molar-refractivity contribution in [1.82, 2.24) is 14.5 Å². The van der Waals surface area contributed by atoms with E-state index in [-0.39, 0.29) is 17.9 Å². The number of aromatic nitrogens is 3. The van der Waals surface area contributed by atoms with E-state index in [0.717, 1.165) is 4.57 Å². The number of H-pyrrole nitrogens is 2. The molecule has 6 rings (SSSR count). The minimum Gasteiger partial charge on any atom is -0.480 e. The Bertz CT molecular complexity index is 1900. The van der Waals surface area contributed by atoms with E-state index in [1.807, 2.05) is 0 Å². The van der Waals surface area contributed by atoms with Gasteiger partial charge in [-0.15, -0.1) is 0 Å². The topological polar surface area (TPSA) is 179 Å². The molecule has 0 amide bonds. The lowest BCUT2D eigenvalue weighted by molar-refractivity contribution is -0.140. The summed E-state index contributed by atoms with van der Waals surface area (Å²) in [4.78, 5) is 82.6. The molecule has 0 saturated heterocycles. The first kappa shape index (κ1) is 22.7. The van der Waals surface area contributed by atoms with Crippen LogP contribution in [0, 0.1) is 0 Å². The first-order valence-electron chi connectivity index (χ1n) is 10.9. The molecule has 0 saturated carbocycles. The predicted molar refractivity (Wildman–Crippen MR) is 132 cm³/mol. The van der Waals surface area contributed by atoms with Crippen LogP contribution in [0.4, 0.5) is 0 Å². The zero-order chi connectivity index (χ0) is 26.4. The van der Waals surface area contributed by atoms with Crippen molar-refractivity contribution in [3.8, 4) is 0 Å². The number of carboxylic acid groups (broad SMARTS) is 2. The molecule has 12 heteroatoms. The summed E-state index contributed by atoms with van der Waals surface area (Å²) in [5, 5.41) is 18.7. The summed E-state index contributed by atoms with van der Waals surface area (Å²) in [6.07, 6.45) is 5.17. The van der Waals surface area contributed by atoms with Crippen molar-refractivity contribution in [2.75, 3.05) is 0 Å². The zero-order valence-electron chi connectivity index (χ0n) is 18.5. The van der Waals surface area contributed by atoms with Gasteiger partial charge in [-0.3, -0.25) is 33.3 Å². The number of nitrogens with one attached hydrogen (secondary N) is 2. The average molecular weight is 520 g/mol. The minimum absolute atomic E-state index is 0.177. The zero-order valence-corrected chi connectivity index (χ0v) is 19.3. The molecule has 0 unspecified atom stereocenters. The van der Waals surface area contributed by atoms with Crippen LogP contribution in [0.3, 0.4) is 0 Å². The Kier molecular flexibility index (Phi) is 4.38. The summed E-state index contributed by atoms with van der Waals surface area (Å²) < 4.78 is 0.752. The van der Waals surface area contributed by atoms with Crippen LogP contribution >= 0.6 is 11.6 Å². The summed E-state index contributed by atoms with van der Waals surface area (Å²) in [6.45, 7) is -0.246. The van der Waals surface area contributed by atoms with Gasteiger partial charge in [-0.25, -0.2) is 0 Å². The van der Waals surface area contributed by atoms with E-state index < -0.39 is 66.6 Å². The SMILES string of the molecule is O=C(O)C1(c2[nH]c3c(=O)c4c(=O)n(Cc5cccc(Cl)c5)c(=O)c4c(=O)c3[nH]c2C2(C(=O)O)C=C2)C=C1. The quantitative estimate of drug-likeness (QED) is 0.270. The maximum atomic E-state index is 13.4. The summed E-state index contributed by atoms with van der Waals surface area (Å²) in [5.41, 5.74) is -8.16. The molecule has 4 N–H and O–H groups in total. The van der Waals surface area contributed by atoms with Gasteiger partial charge >= 0.3 is 11.9 Å². The molecular formula is C25H14ClN3O8. The maximum Gasteiger partial charge on any atom is 0.323 e. The standard InChI is InChI=1S/C25H14ClN3O8/c26-11-3-1-2-10(8-11)9-29-20(32)12-13(21(29)33)17(31)15-14(16(12)30)27-18(24(4-5-24)22(34)35)19(28-15)25(6-7-25)23(36)37/h1-8,27-28H,9H2,(H,34,35)(H,36,37). The average Bonchev–Trinajstić information content (AvgIpc) is 3.77. The van der Waals surface area contributed by atoms with Gasteiger partial charge in [0.2, 0.25) is 10.9 Å². The van der Waals surface area contributed by atoms with Gasteiger partial charge in [-0.1, -0.05) is 48.0 Å². The fourth-order valence-corrected chi connectivity index (χ4v) is 4.88. The molecule has 0 radical (unpaired) electrons. The number of nitrogens with zero attached hydrogens (tertiary/aromatic N) is 1. The number of carboxylic acids is 2. The number of aromatic amines is 2. The molecule has 0 fully saturated rings. The van der Waals surface area contributed by atoms with Crippen LogP contribution in [0.1, 0.15) is 17.0 Å². The van der Waals surface area contributed by atoms with E-state index in [1.54, 1.807) is 18.2 Å². The van der Waals surface area contributed by atoms with Crippen molar-refractivity contribution in [1.29, 1.82) is 0 Å². The number of halogens is 1. The lowest BCUT2D eigenvalue weighted by atomic mass is 9.88. The predicted octanol–water partition coefficient (Wildman–Crippen LogP) is 0.815. The Balaban J connectivity index is 1.69. The molecule has 0 aliphatic heterocycles. The molecule has 11 nitrogen and oxygen atoms in total. The molecule has 0 spiro atoms. The lowest BCUT2D eigenvalue weighted by Crippen LogP contribution is -2.33. The number of hydrogen-bond acceptors (Lipinski definition) is 6. The van der Waals surface area contributed by atoms with Crippen molar-refractivity contribution in [3.05, 3.63) is 112 Å². The minimum atomic E-state index is -1.74. The van der Waals surface area contributed by atoms with Crippen molar-refractivity contribution in [3.63, 3.8) is 0 Å². The molecule has 2 aliphatic carbocycles. The molecule has 0 atom stereocenters. The van der Waals surface area contributed by atoms with Gasteiger partial charge in [-0.05, 0) is 17.7 Å². The normalized spacial score (nSPS) is 16.4. The molecule has 184 valence electrons. The van der Waals surface area contributed by atoms with E-state index in [9.17, 15) is 39.0 Å². The largest absolute Gasteiger partial charge is 0.480 e. The van der Waals surface area contributed by atoms with Crippen LogP contribution in [0.25, 0.3) is 21.8 Å². The van der Waals surface area contributed by atoms with Gasteiger partial charge in [0.1, 0.15) is 32.6 Å². The second-order valence-corrected chi connectivity index (χ2v) is 9.44. The van der Waals surface area contributed by atoms with Crippen molar-refractivity contribution in [2.24, 2.45) is 0 Å². The Morgan fingerprint density at radius 2 is 1.27 bits per heavy atom. The molecule has 2 aliphatic rings. The summed E-state index contributed by atoms with van der Waals surface area (Å²) in [6, 6.07) is 6.36. The van der Waals surface area contributed by atoms with Crippen molar-refractivity contribution >= 4 is 45.3 Å². The van der Waals surface area contributed by atoms with Gasteiger partial charge in [0.15, 0.2) is 0 Å². The molecule has 2 aromatic carbocycles.